The van der Waals surface area contributed by atoms with Gasteiger partial charge in [-0.05, 0) is 65.7 Å². The number of aryl methyl sites for hydroxylation is 1. The molecule has 1 heterocycles. The van der Waals surface area contributed by atoms with Crippen molar-refractivity contribution in [3.63, 3.8) is 0 Å². The van der Waals surface area contributed by atoms with E-state index in [1.54, 1.807) is 0 Å². The Morgan fingerprint density at radius 1 is 1.15 bits per heavy atom. The lowest BCUT2D eigenvalue weighted by Crippen LogP contribution is -2.33. The minimum absolute atomic E-state index is 0.507. The van der Waals surface area contributed by atoms with Crippen molar-refractivity contribution in [3.05, 3.63) is 56.2 Å². The zero-order chi connectivity index (χ0) is 14.4. The molecule has 2 aromatic rings. The first-order valence-electron chi connectivity index (χ1n) is 7.20. The summed E-state index contributed by atoms with van der Waals surface area (Å²) >= 11 is 5.48. The van der Waals surface area contributed by atoms with Crippen LogP contribution in [-0.4, -0.2) is 12.6 Å². The number of thiophene rings is 1. The third kappa shape index (κ3) is 4.72. The molecule has 2 rings (SSSR count). The Balaban J connectivity index is 2.03. The summed E-state index contributed by atoms with van der Waals surface area (Å²) in [6, 6.07) is 11.6. The zero-order valence-electron chi connectivity index (χ0n) is 12.2. The van der Waals surface area contributed by atoms with Crippen molar-refractivity contribution in [1.82, 2.24) is 5.32 Å². The second kappa shape index (κ2) is 7.96. The summed E-state index contributed by atoms with van der Waals surface area (Å²) in [5.74, 6) is 0. The molecule has 0 amide bonds. The van der Waals surface area contributed by atoms with Gasteiger partial charge in [-0.1, -0.05) is 36.8 Å². The Labute approximate surface area is 134 Å². The summed E-state index contributed by atoms with van der Waals surface area (Å²) in [7, 11) is 0. The Kier molecular flexibility index (Phi) is 6.27. The van der Waals surface area contributed by atoms with Gasteiger partial charge in [-0.15, -0.1) is 11.3 Å². The zero-order valence-corrected chi connectivity index (χ0v) is 14.6. The molecule has 20 heavy (non-hydrogen) atoms. The number of nitrogens with one attached hydrogen (secondary N) is 1. The molecule has 0 radical (unpaired) electrons. The van der Waals surface area contributed by atoms with Crippen LogP contribution < -0.4 is 5.32 Å². The van der Waals surface area contributed by atoms with Crippen molar-refractivity contribution in [1.29, 1.82) is 0 Å². The van der Waals surface area contributed by atoms with Crippen LogP contribution in [-0.2, 0) is 12.8 Å². The smallest absolute Gasteiger partial charge is 0.0314 e. The first-order chi connectivity index (χ1) is 9.69. The van der Waals surface area contributed by atoms with Crippen molar-refractivity contribution in [2.24, 2.45) is 0 Å². The van der Waals surface area contributed by atoms with Gasteiger partial charge in [0.25, 0.3) is 0 Å². The summed E-state index contributed by atoms with van der Waals surface area (Å²) in [5.41, 5.74) is 2.74. The van der Waals surface area contributed by atoms with Crippen molar-refractivity contribution in [2.75, 3.05) is 6.54 Å². The standard InChI is InChI=1S/C17H22BrNS/c1-3-9-19-15(12-17-16(18)8-10-20-17)11-14-6-4-13(2)5-7-14/h4-8,10,15,19H,3,9,11-12H2,1-2H3. The number of hydrogen-bond donors (Lipinski definition) is 1. The first kappa shape index (κ1) is 15.7. The third-order valence-electron chi connectivity index (χ3n) is 3.41. The van der Waals surface area contributed by atoms with E-state index in [2.05, 4.69) is 70.8 Å². The van der Waals surface area contributed by atoms with Crippen LogP contribution in [0.15, 0.2) is 40.2 Å². The average Bonchev–Trinajstić information content (AvgIpc) is 2.84. The maximum Gasteiger partial charge on any atom is 0.0314 e. The molecular formula is C17H22BrNS. The minimum Gasteiger partial charge on any atom is -0.313 e. The molecule has 1 unspecified atom stereocenters. The SMILES string of the molecule is CCCNC(Cc1ccc(C)cc1)Cc1sccc1Br. The molecule has 0 aliphatic heterocycles. The molecular weight excluding hydrogens is 330 g/mol. The van der Waals surface area contributed by atoms with E-state index < -0.39 is 0 Å². The Morgan fingerprint density at radius 2 is 1.90 bits per heavy atom. The maximum atomic E-state index is 3.68. The van der Waals surface area contributed by atoms with Gasteiger partial charge in [0.2, 0.25) is 0 Å². The minimum atomic E-state index is 0.507. The largest absolute Gasteiger partial charge is 0.313 e. The van der Waals surface area contributed by atoms with Crippen LogP contribution in [0.1, 0.15) is 29.3 Å². The van der Waals surface area contributed by atoms with E-state index in [0.717, 1.165) is 19.4 Å². The van der Waals surface area contributed by atoms with Gasteiger partial charge in [-0.2, -0.15) is 0 Å². The number of hydrogen-bond acceptors (Lipinski definition) is 2. The van der Waals surface area contributed by atoms with E-state index in [4.69, 9.17) is 0 Å². The predicted molar refractivity (Wildman–Crippen MR) is 92.7 cm³/mol. The van der Waals surface area contributed by atoms with Crippen LogP contribution in [0.5, 0.6) is 0 Å². The van der Waals surface area contributed by atoms with Gasteiger partial charge < -0.3 is 5.32 Å². The maximum absolute atomic E-state index is 3.68. The van der Waals surface area contributed by atoms with E-state index in [9.17, 15) is 0 Å². The summed E-state index contributed by atoms with van der Waals surface area (Å²) in [6.45, 7) is 5.44. The number of halogens is 1. The van der Waals surface area contributed by atoms with E-state index in [1.807, 2.05) is 11.3 Å². The van der Waals surface area contributed by atoms with Crippen molar-refractivity contribution in [2.45, 2.75) is 39.2 Å². The molecule has 0 fully saturated rings. The van der Waals surface area contributed by atoms with Gasteiger partial charge in [0.05, 0.1) is 0 Å². The second-order valence-corrected chi connectivity index (χ2v) is 7.09. The van der Waals surface area contributed by atoms with Gasteiger partial charge in [-0.25, -0.2) is 0 Å². The van der Waals surface area contributed by atoms with Gasteiger partial charge in [0.1, 0.15) is 0 Å². The predicted octanol–water partition coefficient (Wildman–Crippen LogP) is 4.97. The van der Waals surface area contributed by atoms with Crippen LogP contribution in [0.2, 0.25) is 0 Å². The Morgan fingerprint density at radius 3 is 2.50 bits per heavy atom. The average molecular weight is 352 g/mol. The molecule has 1 aromatic heterocycles. The summed E-state index contributed by atoms with van der Waals surface area (Å²) in [5, 5.41) is 5.84. The second-order valence-electron chi connectivity index (χ2n) is 5.24. The Bertz CT molecular complexity index is 518. The summed E-state index contributed by atoms with van der Waals surface area (Å²) in [6.07, 6.45) is 3.35. The highest BCUT2D eigenvalue weighted by Gasteiger charge is 2.12. The van der Waals surface area contributed by atoms with Crippen molar-refractivity contribution < 1.29 is 0 Å². The molecule has 1 aromatic carbocycles. The lowest BCUT2D eigenvalue weighted by atomic mass is 10.0. The third-order valence-corrected chi connectivity index (χ3v) is 5.36. The van der Waals surface area contributed by atoms with Crippen molar-refractivity contribution >= 4 is 27.3 Å². The van der Waals surface area contributed by atoms with E-state index >= 15 is 0 Å². The molecule has 1 atom stereocenters. The van der Waals surface area contributed by atoms with Gasteiger partial charge in [-0.3, -0.25) is 0 Å². The fourth-order valence-electron chi connectivity index (χ4n) is 2.27. The molecule has 3 heteroatoms. The fourth-order valence-corrected chi connectivity index (χ4v) is 3.86. The highest BCUT2D eigenvalue weighted by molar-refractivity contribution is 9.10. The lowest BCUT2D eigenvalue weighted by molar-refractivity contribution is 0.507. The van der Waals surface area contributed by atoms with Crippen molar-refractivity contribution in [3.8, 4) is 0 Å². The molecule has 0 spiro atoms. The molecule has 108 valence electrons. The molecule has 0 bridgehead atoms. The van der Waals surface area contributed by atoms with Gasteiger partial charge in [0.15, 0.2) is 0 Å². The van der Waals surface area contributed by atoms with Crippen LogP contribution in [0.25, 0.3) is 0 Å². The molecule has 1 N–H and O–H groups in total. The molecule has 0 saturated heterocycles. The van der Waals surface area contributed by atoms with Crippen LogP contribution >= 0.6 is 27.3 Å². The first-order valence-corrected chi connectivity index (χ1v) is 8.87. The summed E-state index contributed by atoms with van der Waals surface area (Å²) < 4.78 is 1.25. The number of rotatable bonds is 7. The molecule has 0 aliphatic carbocycles. The van der Waals surface area contributed by atoms with Gasteiger partial charge >= 0.3 is 0 Å². The van der Waals surface area contributed by atoms with E-state index in [1.165, 1.54) is 26.9 Å². The summed E-state index contributed by atoms with van der Waals surface area (Å²) in [4.78, 5) is 1.44. The lowest BCUT2D eigenvalue weighted by Gasteiger charge is -2.18. The quantitative estimate of drug-likeness (QED) is 0.742. The van der Waals surface area contributed by atoms with Crippen LogP contribution in [0.4, 0.5) is 0 Å². The van der Waals surface area contributed by atoms with Crippen LogP contribution in [0, 0.1) is 6.92 Å². The molecule has 1 nitrogen and oxygen atoms in total. The normalized spacial score (nSPS) is 12.6. The monoisotopic (exact) mass is 351 g/mol. The van der Waals surface area contributed by atoms with Crippen LogP contribution in [0.3, 0.4) is 0 Å². The highest BCUT2D eigenvalue weighted by Crippen LogP contribution is 2.24. The van der Waals surface area contributed by atoms with Gasteiger partial charge in [0, 0.05) is 15.4 Å². The molecule has 0 saturated carbocycles. The molecule has 0 aliphatic rings. The Hall–Kier alpha value is -0.640. The van der Waals surface area contributed by atoms with E-state index in [-0.39, 0.29) is 0 Å². The highest BCUT2D eigenvalue weighted by atomic mass is 79.9. The van der Waals surface area contributed by atoms with E-state index in [0.29, 0.717) is 6.04 Å². The fraction of sp³-hybridized carbons (Fsp3) is 0.412. The number of benzene rings is 1. The topological polar surface area (TPSA) is 12.0 Å².